The van der Waals surface area contributed by atoms with E-state index in [1.165, 1.54) is 0 Å². The molecule has 140 valence electrons. The third-order valence-corrected chi connectivity index (χ3v) is 3.66. The van der Waals surface area contributed by atoms with Crippen molar-refractivity contribution in [3.63, 3.8) is 0 Å². The van der Waals surface area contributed by atoms with Crippen molar-refractivity contribution in [1.29, 1.82) is 0 Å². The molecule has 0 unspecified atom stereocenters. The first-order valence-electron chi connectivity index (χ1n) is 9.18. The molecule has 26 heavy (non-hydrogen) atoms. The van der Waals surface area contributed by atoms with Gasteiger partial charge in [-0.25, -0.2) is 9.97 Å². The SMILES string of the molecule is CCCN(CCC)C(=O)c1cnc(Nc2ccc(OC(C)C)cc2)nc1. The van der Waals surface area contributed by atoms with E-state index in [9.17, 15) is 4.79 Å². The van der Waals surface area contributed by atoms with Gasteiger partial charge < -0.3 is 15.0 Å². The Balaban J connectivity index is 2.01. The predicted octanol–water partition coefficient (Wildman–Crippen LogP) is 4.27. The van der Waals surface area contributed by atoms with Crippen LogP contribution in [0.4, 0.5) is 11.6 Å². The van der Waals surface area contributed by atoms with Crippen molar-refractivity contribution in [3.05, 3.63) is 42.2 Å². The molecule has 2 rings (SSSR count). The van der Waals surface area contributed by atoms with Crippen molar-refractivity contribution in [2.75, 3.05) is 18.4 Å². The molecular formula is C20H28N4O2. The lowest BCUT2D eigenvalue weighted by Gasteiger charge is -2.21. The van der Waals surface area contributed by atoms with Crippen LogP contribution in [0.3, 0.4) is 0 Å². The Labute approximate surface area is 155 Å². The van der Waals surface area contributed by atoms with Crippen LogP contribution >= 0.6 is 0 Å². The molecule has 1 heterocycles. The van der Waals surface area contributed by atoms with Gasteiger partial charge in [-0.1, -0.05) is 13.8 Å². The maximum atomic E-state index is 12.5. The molecule has 0 saturated heterocycles. The highest BCUT2D eigenvalue weighted by Crippen LogP contribution is 2.19. The number of aromatic nitrogens is 2. The van der Waals surface area contributed by atoms with Gasteiger partial charge in [-0.3, -0.25) is 4.79 Å². The molecular weight excluding hydrogens is 328 g/mol. The predicted molar refractivity (Wildman–Crippen MR) is 104 cm³/mol. The average Bonchev–Trinajstić information content (AvgIpc) is 2.63. The van der Waals surface area contributed by atoms with Gasteiger partial charge in [0, 0.05) is 31.2 Å². The second-order valence-corrected chi connectivity index (χ2v) is 6.40. The Bertz CT molecular complexity index is 678. The van der Waals surface area contributed by atoms with Crippen LogP contribution < -0.4 is 10.1 Å². The van der Waals surface area contributed by atoms with Crippen molar-refractivity contribution in [2.45, 2.75) is 46.6 Å². The number of carbonyl (C=O) groups excluding carboxylic acids is 1. The highest BCUT2D eigenvalue weighted by atomic mass is 16.5. The van der Waals surface area contributed by atoms with Crippen molar-refractivity contribution in [2.24, 2.45) is 0 Å². The van der Waals surface area contributed by atoms with Gasteiger partial charge in [-0.15, -0.1) is 0 Å². The Morgan fingerprint density at radius 3 is 2.15 bits per heavy atom. The van der Waals surface area contributed by atoms with Crippen LogP contribution in [0.1, 0.15) is 50.9 Å². The minimum atomic E-state index is -0.0181. The lowest BCUT2D eigenvalue weighted by Crippen LogP contribution is -2.32. The Morgan fingerprint density at radius 1 is 1.08 bits per heavy atom. The molecule has 0 spiro atoms. The van der Waals surface area contributed by atoms with E-state index >= 15 is 0 Å². The summed E-state index contributed by atoms with van der Waals surface area (Å²) in [6.07, 6.45) is 5.16. The van der Waals surface area contributed by atoms with Crippen LogP contribution in [0.5, 0.6) is 5.75 Å². The molecule has 0 bridgehead atoms. The lowest BCUT2D eigenvalue weighted by molar-refractivity contribution is 0.0754. The van der Waals surface area contributed by atoms with Crippen molar-refractivity contribution in [3.8, 4) is 5.75 Å². The Kier molecular flexibility index (Phi) is 7.38. The highest BCUT2D eigenvalue weighted by Gasteiger charge is 2.15. The van der Waals surface area contributed by atoms with Gasteiger partial charge in [-0.2, -0.15) is 0 Å². The summed E-state index contributed by atoms with van der Waals surface area (Å²) in [7, 11) is 0. The summed E-state index contributed by atoms with van der Waals surface area (Å²) >= 11 is 0. The summed E-state index contributed by atoms with van der Waals surface area (Å²) in [5, 5.41) is 3.13. The second-order valence-electron chi connectivity index (χ2n) is 6.40. The van der Waals surface area contributed by atoms with E-state index in [0.717, 1.165) is 37.4 Å². The van der Waals surface area contributed by atoms with E-state index in [-0.39, 0.29) is 12.0 Å². The number of anilines is 2. The molecule has 0 atom stereocenters. The summed E-state index contributed by atoms with van der Waals surface area (Å²) in [5.41, 5.74) is 1.37. The molecule has 2 aromatic rings. The zero-order valence-corrected chi connectivity index (χ0v) is 16.0. The smallest absolute Gasteiger partial charge is 0.256 e. The quantitative estimate of drug-likeness (QED) is 0.727. The van der Waals surface area contributed by atoms with Gasteiger partial charge >= 0.3 is 0 Å². The summed E-state index contributed by atoms with van der Waals surface area (Å²) < 4.78 is 5.62. The van der Waals surface area contributed by atoms with Gasteiger partial charge in [-0.05, 0) is 51.0 Å². The first-order valence-corrected chi connectivity index (χ1v) is 9.18. The van der Waals surface area contributed by atoms with Gasteiger partial charge in [0.15, 0.2) is 0 Å². The first-order chi connectivity index (χ1) is 12.5. The van der Waals surface area contributed by atoms with Gasteiger partial charge in [0.1, 0.15) is 5.75 Å². The largest absolute Gasteiger partial charge is 0.491 e. The number of amides is 1. The summed E-state index contributed by atoms with van der Waals surface area (Å²) in [5.74, 6) is 1.26. The van der Waals surface area contributed by atoms with Crippen molar-refractivity contribution in [1.82, 2.24) is 14.9 Å². The molecule has 1 aromatic carbocycles. The van der Waals surface area contributed by atoms with E-state index < -0.39 is 0 Å². The van der Waals surface area contributed by atoms with Crippen molar-refractivity contribution < 1.29 is 9.53 Å². The Morgan fingerprint density at radius 2 is 1.65 bits per heavy atom. The van der Waals surface area contributed by atoms with Crippen LogP contribution in [0.2, 0.25) is 0 Å². The van der Waals surface area contributed by atoms with Crippen LogP contribution in [-0.2, 0) is 0 Å². The third kappa shape index (κ3) is 5.72. The standard InChI is InChI=1S/C20H28N4O2/c1-5-11-24(12-6-2)19(25)16-13-21-20(22-14-16)23-17-7-9-18(10-8-17)26-15(3)4/h7-10,13-15H,5-6,11-12H2,1-4H3,(H,21,22,23). The van der Waals surface area contributed by atoms with Gasteiger partial charge in [0.2, 0.25) is 5.95 Å². The normalized spacial score (nSPS) is 10.7. The van der Waals surface area contributed by atoms with E-state index in [0.29, 0.717) is 11.5 Å². The molecule has 0 aliphatic rings. The van der Waals surface area contributed by atoms with E-state index in [2.05, 4.69) is 29.1 Å². The highest BCUT2D eigenvalue weighted by molar-refractivity contribution is 5.93. The maximum absolute atomic E-state index is 12.5. The van der Waals surface area contributed by atoms with Gasteiger partial charge in [0.05, 0.1) is 11.7 Å². The van der Waals surface area contributed by atoms with Crippen LogP contribution in [-0.4, -0.2) is 40.0 Å². The number of nitrogens with one attached hydrogen (secondary N) is 1. The zero-order valence-electron chi connectivity index (χ0n) is 16.0. The van der Waals surface area contributed by atoms with Crippen LogP contribution in [0, 0.1) is 0 Å². The molecule has 1 amide bonds. The monoisotopic (exact) mass is 356 g/mol. The van der Waals surface area contributed by atoms with Crippen LogP contribution in [0.25, 0.3) is 0 Å². The summed E-state index contributed by atoms with van der Waals surface area (Å²) in [6.45, 7) is 9.61. The third-order valence-electron chi connectivity index (χ3n) is 3.66. The van der Waals surface area contributed by atoms with Crippen LogP contribution in [0.15, 0.2) is 36.7 Å². The Hall–Kier alpha value is -2.63. The number of hydrogen-bond acceptors (Lipinski definition) is 5. The number of carbonyl (C=O) groups is 1. The topological polar surface area (TPSA) is 67.4 Å². The number of rotatable bonds is 9. The zero-order chi connectivity index (χ0) is 18.9. The molecule has 0 aliphatic carbocycles. The molecule has 1 N–H and O–H groups in total. The minimum Gasteiger partial charge on any atom is -0.491 e. The molecule has 0 aliphatic heterocycles. The number of nitrogens with zero attached hydrogens (tertiary/aromatic N) is 3. The minimum absolute atomic E-state index is 0.0181. The van der Waals surface area contributed by atoms with E-state index in [1.54, 1.807) is 12.4 Å². The summed E-state index contributed by atoms with van der Waals surface area (Å²) in [6, 6.07) is 7.61. The fraction of sp³-hybridized carbons (Fsp3) is 0.450. The average molecular weight is 356 g/mol. The fourth-order valence-corrected chi connectivity index (χ4v) is 2.56. The molecule has 0 saturated carbocycles. The van der Waals surface area contributed by atoms with E-state index in [4.69, 9.17) is 4.74 Å². The van der Waals surface area contributed by atoms with Crippen molar-refractivity contribution >= 4 is 17.5 Å². The fourth-order valence-electron chi connectivity index (χ4n) is 2.56. The van der Waals surface area contributed by atoms with E-state index in [1.807, 2.05) is 43.0 Å². The molecule has 1 aromatic heterocycles. The number of ether oxygens (including phenoxy) is 1. The molecule has 0 radical (unpaired) electrons. The number of hydrogen-bond donors (Lipinski definition) is 1. The maximum Gasteiger partial charge on any atom is 0.256 e. The summed E-state index contributed by atoms with van der Waals surface area (Å²) in [4.78, 5) is 22.9. The lowest BCUT2D eigenvalue weighted by atomic mass is 10.2. The second kappa shape index (κ2) is 9.75. The number of benzene rings is 1. The molecule has 6 nitrogen and oxygen atoms in total. The molecule has 0 fully saturated rings. The van der Waals surface area contributed by atoms with Gasteiger partial charge in [0.25, 0.3) is 5.91 Å². The first kappa shape index (κ1) is 19.7. The molecule has 6 heteroatoms.